The number of carbonyl (C=O) groups is 3. The molecule has 1 aliphatic rings. The molecule has 0 unspecified atom stereocenters. The molecule has 2 aromatic rings. The lowest BCUT2D eigenvalue weighted by molar-refractivity contribution is 0.0786. The van der Waals surface area contributed by atoms with Crippen LogP contribution in [0.15, 0.2) is 24.3 Å². The van der Waals surface area contributed by atoms with Crippen LogP contribution in [-0.4, -0.2) is 45.6 Å². The third-order valence-corrected chi connectivity index (χ3v) is 5.27. The number of benzene rings is 1. The van der Waals surface area contributed by atoms with Crippen LogP contribution in [-0.2, 0) is 13.0 Å². The molecule has 1 aromatic heterocycles. The van der Waals surface area contributed by atoms with Crippen LogP contribution in [0.2, 0.25) is 0 Å². The van der Waals surface area contributed by atoms with Gasteiger partial charge in [-0.1, -0.05) is 13.3 Å². The summed E-state index contributed by atoms with van der Waals surface area (Å²) in [6, 6.07) is 6.74. The first-order valence-electron chi connectivity index (χ1n) is 10.2. The number of hydrogen-bond acceptors (Lipinski definition) is 4. The number of Topliss-reactive ketones (excluding diaryl/α,β-unsaturated/α-hetero) is 1. The summed E-state index contributed by atoms with van der Waals surface area (Å²) in [5.74, 6) is -0.240. The van der Waals surface area contributed by atoms with Crippen molar-refractivity contribution in [2.45, 2.75) is 52.5 Å². The van der Waals surface area contributed by atoms with Gasteiger partial charge in [-0.3, -0.25) is 14.4 Å². The molecule has 2 amide bonds. The molecule has 0 bridgehead atoms. The molecular formula is C22H28N4O3. The Morgan fingerprint density at radius 1 is 1.17 bits per heavy atom. The zero-order valence-corrected chi connectivity index (χ0v) is 17.3. The fourth-order valence-corrected chi connectivity index (χ4v) is 3.54. The highest BCUT2D eigenvalue weighted by Gasteiger charge is 2.28. The minimum absolute atomic E-state index is 0.0273. The molecule has 3 rings (SSSR count). The Balaban J connectivity index is 1.85. The standard InChI is InChI=1S/C22H28N4O3/c1-4-5-13-25(3)22(29)19-18-8-6-7-14-26(18)20(24-19)21(28)23-17-11-9-16(10-12-17)15(2)27/h9-12H,4-8,13-14H2,1-3H3,(H,23,28). The maximum absolute atomic E-state index is 12.9. The number of unbranched alkanes of at least 4 members (excludes halogenated alkanes) is 1. The fraction of sp³-hybridized carbons (Fsp3) is 0.455. The zero-order valence-electron chi connectivity index (χ0n) is 17.3. The number of hydrogen-bond donors (Lipinski definition) is 1. The SMILES string of the molecule is CCCCN(C)C(=O)c1nc(C(=O)Nc2ccc(C(C)=O)cc2)n2c1CCCC2. The van der Waals surface area contributed by atoms with E-state index in [9.17, 15) is 14.4 Å². The number of aromatic nitrogens is 2. The van der Waals surface area contributed by atoms with Crippen LogP contribution in [0.3, 0.4) is 0 Å². The summed E-state index contributed by atoms with van der Waals surface area (Å²) in [6.45, 7) is 4.94. The molecular weight excluding hydrogens is 368 g/mol. The minimum Gasteiger partial charge on any atom is -0.340 e. The van der Waals surface area contributed by atoms with Crippen LogP contribution in [0.1, 0.15) is 76.7 Å². The maximum atomic E-state index is 12.9. The van der Waals surface area contributed by atoms with Crippen molar-refractivity contribution in [3.05, 3.63) is 47.0 Å². The lowest BCUT2D eigenvalue weighted by Gasteiger charge is -2.19. The molecule has 7 nitrogen and oxygen atoms in total. The number of rotatable bonds is 7. The van der Waals surface area contributed by atoms with E-state index in [1.807, 2.05) is 4.57 Å². The molecule has 0 saturated carbocycles. The third kappa shape index (κ3) is 4.55. The molecule has 0 fully saturated rings. The highest BCUT2D eigenvalue weighted by Crippen LogP contribution is 2.23. The van der Waals surface area contributed by atoms with E-state index in [1.165, 1.54) is 6.92 Å². The predicted molar refractivity (Wildman–Crippen MR) is 111 cm³/mol. The number of anilines is 1. The second kappa shape index (κ2) is 9.03. The molecule has 1 N–H and O–H groups in total. The van der Waals surface area contributed by atoms with Crippen LogP contribution in [0.5, 0.6) is 0 Å². The van der Waals surface area contributed by atoms with Crippen molar-refractivity contribution < 1.29 is 14.4 Å². The van der Waals surface area contributed by atoms with E-state index in [-0.39, 0.29) is 23.4 Å². The van der Waals surface area contributed by atoms with Gasteiger partial charge < -0.3 is 14.8 Å². The highest BCUT2D eigenvalue weighted by atomic mass is 16.2. The van der Waals surface area contributed by atoms with Crippen LogP contribution >= 0.6 is 0 Å². The highest BCUT2D eigenvalue weighted by molar-refractivity contribution is 6.04. The zero-order chi connectivity index (χ0) is 21.0. The molecule has 0 spiro atoms. The molecule has 0 atom stereocenters. The van der Waals surface area contributed by atoms with E-state index in [1.54, 1.807) is 36.2 Å². The minimum atomic E-state index is -0.348. The average Bonchev–Trinajstić information content (AvgIpc) is 3.11. The summed E-state index contributed by atoms with van der Waals surface area (Å²) >= 11 is 0. The monoisotopic (exact) mass is 396 g/mol. The first-order chi connectivity index (χ1) is 13.9. The number of carbonyl (C=O) groups excluding carboxylic acids is 3. The van der Waals surface area contributed by atoms with Crippen molar-refractivity contribution in [1.82, 2.24) is 14.5 Å². The molecule has 29 heavy (non-hydrogen) atoms. The van der Waals surface area contributed by atoms with E-state index in [0.29, 0.717) is 30.0 Å². The Morgan fingerprint density at radius 3 is 2.55 bits per heavy atom. The van der Waals surface area contributed by atoms with Gasteiger partial charge in [-0.2, -0.15) is 0 Å². The summed E-state index contributed by atoms with van der Waals surface area (Å²) in [5.41, 5.74) is 2.41. The summed E-state index contributed by atoms with van der Waals surface area (Å²) in [7, 11) is 1.78. The largest absolute Gasteiger partial charge is 0.340 e. The van der Waals surface area contributed by atoms with Crippen molar-refractivity contribution in [2.24, 2.45) is 0 Å². The molecule has 1 aromatic carbocycles. The molecule has 0 radical (unpaired) electrons. The first kappa shape index (κ1) is 20.8. The predicted octanol–water partition coefficient (Wildman–Crippen LogP) is 3.55. The van der Waals surface area contributed by atoms with Gasteiger partial charge in [0.05, 0.1) is 5.69 Å². The number of imidazole rings is 1. The quantitative estimate of drug-likeness (QED) is 0.726. The van der Waals surface area contributed by atoms with Gasteiger partial charge in [0.1, 0.15) is 5.69 Å². The Labute approximate surface area is 171 Å². The smallest absolute Gasteiger partial charge is 0.291 e. The van der Waals surface area contributed by atoms with Gasteiger partial charge >= 0.3 is 0 Å². The van der Waals surface area contributed by atoms with Gasteiger partial charge in [-0.15, -0.1) is 0 Å². The molecule has 7 heteroatoms. The second-order valence-corrected chi connectivity index (χ2v) is 7.51. The van der Waals surface area contributed by atoms with Gasteiger partial charge in [0.25, 0.3) is 11.8 Å². The van der Waals surface area contributed by atoms with Crippen molar-refractivity contribution in [3.8, 4) is 0 Å². The summed E-state index contributed by atoms with van der Waals surface area (Å²) < 4.78 is 1.88. The van der Waals surface area contributed by atoms with Crippen LogP contribution in [0.25, 0.3) is 0 Å². The lowest BCUT2D eigenvalue weighted by Crippen LogP contribution is -2.29. The second-order valence-electron chi connectivity index (χ2n) is 7.51. The molecule has 0 aliphatic carbocycles. The van der Waals surface area contributed by atoms with Gasteiger partial charge in [-0.05, 0) is 56.9 Å². The van der Waals surface area contributed by atoms with Gasteiger partial charge in [0.15, 0.2) is 11.6 Å². The summed E-state index contributed by atoms with van der Waals surface area (Å²) in [6.07, 6.45) is 4.63. The topological polar surface area (TPSA) is 84.3 Å². The van der Waals surface area contributed by atoms with E-state index in [0.717, 1.165) is 37.8 Å². The average molecular weight is 396 g/mol. The summed E-state index contributed by atoms with van der Waals surface area (Å²) in [5, 5.41) is 2.83. The van der Waals surface area contributed by atoms with Crippen LogP contribution in [0.4, 0.5) is 5.69 Å². The third-order valence-electron chi connectivity index (χ3n) is 5.27. The Bertz CT molecular complexity index is 915. The van der Waals surface area contributed by atoms with E-state index in [2.05, 4.69) is 17.2 Å². The van der Waals surface area contributed by atoms with Crippen molar-refractivity contribution >= 4 is 23.3 Å². The van der Waals surface area contributed by atoms with Crippen molar-refractivity contribution in [3.63, 3.8) is 0 Å². The molecule has 2 heterocycles. The van der Waals surface area contributed by atoms with E-state index in [4.69, 9.17) is 0 Å². The number of nitrogens with one attached hydrogen (secondary N) is 1. The first-order valence-corrected chi connectivity index (χ1v) is 10.2. The number of ketones is 1. The Morgan fingerprint density at radius 2 is 1.90 bits per heavy atom. The van der Waals surface area contributed by atoms with Crippen LogP contribution in [0, 0.1) is 0 Å². The molecule has 154 valence electrons. The van der Waals surface area contributed by atoms with Gasteiger partial charge in [-0.25, -0.2) is 4.98 Å². The summed E-state index contributed by atoms with van der Waals surface area (Å²) in [4.78, 5) is 43.4. The normalized spacial score (nSPS) is 12.9. The number of amides is 2. The van der Waals surface area contributed by atoms with E-state index >= 15 is 0 Å². The van der Waals surface area contributed by atoms with E-state index < -0.39 is 0 Å². The lowest BCUT2D eigenvalue weighted by atomic mass is 10.1. The Kier molecular flexibility index (Phi) is 6.46. The number of fused-ring (bicyclic) bond motifs is 1. The van der Waals surface area contributed by atoms with Gasteiger partial charge in [0.2, 0.25) is 0 Å². The van der Waals surface area contributed by atoms with Crippen LogP contribution < -0.4 is 5.32 Å². The molecule has 1 aliphatic heterocycles. The van der Waals surface area contributed by atoms with Crippen molar-refractivity contribution in [1.29, 1.82) is 0 Å². The molecule has 0 saturated heterocycles. The number of nitrogens with zero attached hydrogens (tertiary/aromatic N) is 3. The fourth-order valence-electron chi connectivity index (χ4n) is 3.54. The van der Waals surface area contributed by atoms with Gasteiger partial charge in [0, 0.05) is 31.4 Å². The maximum Gasteiger partial charge on any atom is 0.291 e. The Hall–Kier alpha value is -2.96. The van der Waals surface area contributed by atoms with Crippen molar-refractivity contribution in [2.75, 3.05) is 18.9 Å².